The van der Waals surface area contributed by atoms with Crippen LogP contribution in [0.15, 0.2) is 23.1 Å². The Bertz CT molecular complexity index is 699. The predicted molar refractivity (Wildman–Crippen MR) is 87.1 cm³/mol. The van der Waals surface area contributed by atoms with Crippen molar-refractivity contribution >= 4 is 16.6 Å². The van der Waals surface area contributed by atoms with Gasteiger partial charge in [0.15, 0.2) is 0 Å². The van der Waals surface area contributed by atoms with Gasteiger partial charge in [0, 0.05) is 31.5 Å². The Morgan fingerprint density at radius 2 is 1.95 bits per heavy atom. The number of fused-ring (bicyclic) bond motifs is 1. The van der Waals surface area contributed by atoms with Gasteiger partial charge in [-0.1, -0.05) is 6.92 Å². The maximum absolute atomic E-state index is 12.7. The molecule has 1 aliphatic heterocycles. The van der Waals surface area contributed by atoms with Crippen molar-refractivity contribution in [3.8, 4) is 0 Å². The van der Waals surface area contributed by atoms with Crippen molar-refractivity contribution in [2.45, 2.75) is 46.1 Å². The molecule has 3 rings (SSSR count). The Morgan fingerprint density at radius 3 is 2.62 bits per heavy atom. The Hall–Kier alpha value is -1.84. The Morgan fingerprint density at radius 1 is 1.19 bits per heavy atom. The van der Waals surface area contributed by atoms with Gasteiger partial charge in [-0.05, 0) is 50.1 Å². The monoisotopic (exact) mass is 285 g/mol. The molecule has 112 valence electrons. The lowest BCUT2D eigenvalue weighted by molar-refractivity contribution is 0.574. The predicted octanol–water partition coefficient (Wildman–Crippen LogP) is 2.97. The van der Waals surface area contributed by atoms with Gasteiger partial charge in [0.2, 0.25) is 0 Å². The van der Waals surface area contributed by atoms with Gasteiger partial charge in [-0.3, -0.25) is 4.79 Å². The summed E-state index contributed by atoms with van der Waals surface area (Å²) in [7, 11) is 0. The van der Waals surface area contributed by atoms with E-state index in [4.69, 9.17) is 4.98 Å². The highest BCUT2D eigenvalue weighted by Gasteiger charge is 2.18. The van der Waals surface area contributed by atoms with E-state index in [0.717, 1.165) is 41.8 Å². The molecule has 0 aromatic carbocycles. The fourth-order valence-electron chi connectivity index (χ4n) is 3.10. The van der Waals surface area contributed by atoms with E-state index in [1.54, 1.807) is 4.57 Å². The Labute approximate surface area is 125 Å². The quantitative estimate of drug-likeness (QED) is 0.870. The summed E-state index contributed by atoms with van der Waals surface area (Å²) in [6, 6.07) is 4.11. The van der Waals surface area contributed by atoms with E-state index in [1.165, 1.54) is 19.3 Å². The van der Waals surface area contributed by atoms with E-state index in [0.29, 0.717) is 6.54 Å². The van der Waals surface area contributed by atoms with Crippen molar-refractivity contribution in [3.05, 3.63) is 34.4 Å². The SMILES string of the molecule is CCc1cc2ccn(CC)c(=O)c2c(N2CCCCC2)n1. The minimum Gasteiger partial charge on any atom is -0.356 e. The molecule has 0 N–H and O–H groups in total. The van der Waals surface area contributed by atoms with E-state index in [2.05, 4.69) is 24.0 Å². The fraction of sp³-hybridized carbons (Fsp3) is 0.529. The normalized spacial score (nSPS) is 15.6. The molecule has 0 aliphatic carbocycles. The molecule has 0 unspecified atom stereocenters. The summed E-state index contributed by atoms with van der Waals surface area (Å²) in [6.07, 6.45) is 6.45. The molecular formula is C17H23N3O. The van der Waals surface area contributed by atoms with Crippen LogP contribution in [0.3, 0.4) is 0 Å². The summed E-state index contributed by atoms with van der Waals surface area (Å²) < 4.78 is 1.77. The third-order valence-corrected chi connectivity index (χ3v) is 4.35. The molecule has 1 fully saturated rings. The van der Waals surface area contributed by atoms with Crippen LogP contribution in [0, 0.1) is 0 Å². The Balaban J connectivity index is 2.25. The molecule has 21 heavy (non-hydrogen) atoms. The highest BCUT2D eigenvalue weighted by Crippen LogP contribution is 2.26. The van der Waals surface area contributed by atoms with Gasteiger partial charge in [-0.15, -0.1) is 0 Å². The van der Waals surface area contributed by atoms with Gasteiger partial charge >= 0.3 is 0 Å². The smallest absolute Gasteiger partial charge is 0.262 e. The van der Waals surface area contributed by atoms with Crippen LogP contribution in [-0.2, 0) is 13.0 Å². The standard InChI is InChI=1S/C17H23N3O/c1-3-14-12-13-8-11-19(4-2)17(21)15(13)16(18-14)20-9-6-5-7-10-20/h8,11-12H,3-7,9-10H2,1-2H3. The fourth-order valence-corrected chi connectivity index (χ4v) is 3.10. The number of aryl methyl sites for hydroxylation is 2. The van der Waals surface area contributed by atoms with E-state index in [9.17, 15) is 4.79 Å². The topological polar surface area (TPSA) is 38.1 Å². The van der Waals surface area contributed by atoms with Crippen LogP contribution in [0.4, 0.5) is 5.82 Å². The first kappa shape index (κ1) is 14.1. The molecular weight excluding hydrogens is 262 g/mol. The van der Waals surface area contributed by atoms with E-state index >= 15 is 0 Å². The number of hydrogen-bond acceptors (Lipinski definition) is 3. The summed E-state index contributed by atoms with van der Waals surface area (Å²) in [4.78, 5) is 19.8. The first-order valence-electron chi connectivity index (χ1n) is 8.02. The van der Waals surface area contributed by atoms with E-state index in [-0.39, 0.29) is 5.56 Å². The second-order valence-corrected chi connectivity index (χ2v) is 5.71. The van der Waals surface area contributed by atoms with Crippen LogP contribution in [0.1, 0.15) is 38.8 Å². The largest absolute Gasteiger partial charge is 0.356 e. The lowest BCUT2D eigenvalue weighted by Crippen LogP contribution is -2.32. The van der Waals surface area contributed by atoms with Gasteiger partial charge < -0.3 is 9.47 Å². The maximum Gasteiger partial charge on any atom is 0.262 e. The van der Waals surface area contributed by atoms with E-state index in [1.807, 2.05) is 13.1 Å². The molecule has 0 spiro atoms. The molecule has 1 aliphatic rings. The number of nitrogens with zero attached hydrogens (tertiary/aromatic N) is 3. The second kappa shape index (κ2) is 5.88. The summed E-state index contributed by atoms with van der Waals surface area (Å²) >= 11 is 0. The number of aromatic nitrogens is 2. The molecule has 1 saturated heterocycles. The van der Waals surface area contributed by atoms with Crippen LogP contribution in [-0.4, -0.2) is 22.6 Å². The van der Waals surface area contributed by atoms with Crippen molar-refractivity contribution in [2.75, 3.05) is 18.0 Å². The minimum atomic E-state index is 0.0886. The third-order valence-electron chi connectivity index (χ3n) is 4.35. The van der Waals surface area contributed by atoms with Crippen LogP contribution < -0.4 is 10.5 Å². The summed E-state index contributed by atoms with van der Waals surface area (Å²) in [5.74, 6) is 0.900. The highest BCUT2D eigenvalue weighted by molar-refractivity contribution is 5.91. The number of hydrogen-bond donors (Lipinski definition) is 0. The van der Waals surface area contributed by atoms with Crippen molar-refractivity contribution < 1.29 is 0 Å². The lowest BCUT2D eigenvalue weighted by atomic mass is 10.1. The summed E-state index contributed by atoms with van der Waals surface area (Å²) in [6.45, 7) is 6.83. The van der Waals surface area contributed by atoms with Gasteiger partial charge in [0.05, 0.1) is 5.39 Å². The molecule has 2 aromatic heterocycles. The Kier molecular flexibility index (Phi) is 3.95. The van der Waals surface area contributed by atoms with Crippen LogP contribution in [0.25, 0.3) is 10.8 Å². The van der Waals surface area contributed by atoms with Gasteiger partial charge in [-0.25, -0.2) is 4.98 Å². The number of rotatable bonds is 3. The zero-order valence-corrected chi connectivity index (χ0v) is 12.9. The van der Waals surface area contributed by atoms with Crippen molar-refractivity contribution in [3.63, 3.8) is 0 Å². The molecule has 0 bridgehead atoms. The highest BCUT2D eigenvalue weighted by atomic mass is 16.1. The summed E-state index contributed by atoms with van der Waals surface area (Å²) in [5, 5.41) is 1.82. The zero-order chi connectivity index (χ0) is 14.8. The number of anilines is 1. The van der Waals surface area contributed by atoms with Crippen molar-refractivity contribution in [1.29, 1.82) is 0 Å². The van der Waals surface area contributed by atoms with Gasteiger partial charge in [0.1, 0.15) is 5.82 Å². The molecule has 0 radical (unpaired) electrons. The average molecular weight is 285 g/mol. The van der Waals surface area contributed by atoms with Crippen LogP contribution in [0.5, 0.6) is 0 Å². The van der Waals surface area contributed by atoms with Crippen molar-refractivity contribution in [2.24, 2.45) is 0 Å². The summed E-state index contributed by atoms with van der Waals surface area (Å²) in [5.41, 5.74) is 1.16. The second-order valence-electron chi connectivity index (χ2n) is 5.71. The van der Waals surface area contributed by atoms with Gasteiger partial charge in [0.25, 0.3) is 5.56 Å². The lowest BCUT2D eigenvalue weighted by Gasteiger charge is -2.29. The average Bonchev–Trinajstić information content (AvgIpc) is 2.55. The van der Waals surface area contributed by atoms with Crippen molar-refractivity contribution in [1.82, 2.24) is 9.55 Å². The van der Waals surface area contributed by atoms with E-state index < -0.39 is 0 Å². The third kappa shape index (κ3) is 2.55. The first-order valence-corrected chi connectivity index (χ1v) is 8.02. The number of piperidine rings is 1. The number of pyridine rings is 2. The first-order chi connectivity index (χ1) is 10.2. The molecule has 0 amide bonds. The minimum absolute atomic E-state index is 0.0886. The molecule has 2 aromatic rings. The molecule has 3 heterocycles. The van der Waals surface area contributed by atoms with Crippen LogP contribution in [0.2, 0.25) is 0 Å². The molecule has 4 heteroatoms. The molecule has 4 nitrogen and oxygen atoms in total. The maximum atomic E-state index is 12.7. The zero-order valence-electron chi connectivity index (χ0n) is 12.9. The van der Waals surface area contributed by atoms with Crippen LogP contribution >= 0.6 is 0 Å². The molecule has 0 saturated carbocycles. The van der Waals surface area contributed by atoms with Gasteiger partial charge in [-0.2, -0.15) is 0 Å². The molecule has 0 atom stereocenters.